The van der Waals surface area contributed by atoms with Crippen molar-refractivity contribution in [2.75, 3.05) is 32.9 Å². The Bertz CT molecular complexity index is 881. The summed E-state index contributed by atoms with van der Waals surface area (Å²) in [6, 6.07) is 4.12. The molecule has 0 radical (unpaired) electrons. The molecular formula is C22H28FN3O2. The largest absolute Gasteiger partial charge is 0.462 e. The van der Waals surface area contributed by atoms with Crippen molar-refractivity contribution in [2.45, 2.75) is 39.0 Å². The maximum Gasteiger partial charge on any atom is 0.341 e. The van der Waals surface area contributed by atoms with Gasteiger partial charge in [-0.1, -0.05) is 6.08 Å². The second-order valence-electron chi connectivity index (χ2n) is 7.99. The van der Waals surface area contributed by atoms with Crippen LogP contribution in [0.4, 0.5) is 4.39 Å². The van der Waals surface area contributed by atoms with Crippen LogP contribution >= 0.6 is 0 Å². The zero-order chi connectivity index (χ0) is 19.6. The van der Waals surface area contributed by atoms with Gasteiger partial charge in [0, 0.05) is 12.7 Å². The lowest BCUT2D eigenvalue weighted by atomic mass is 9.68. The maximum absolute atomic E-state index is 12.6. The van der Waals surface area contributed by atoms with Crippen molar-refractivity contribution < 1.29 is 13.9 Å². The maximum atomic E-state index is 12.6. The van der Waals surface area contributed by atoms with E-state index < -0.39 is 0 Å². The third-order valence-electron chi connectivity index (χ3n) is 6.41. The molecule has 150 valence electrons. The molecule has 1 aliphatic heterocycles. The lowest BCUT2D eigenvalue weighted by molar-refractivity contribution is 0.0528. The fraction of sp³-hybridized carbons (Fsp3) is 0.545. The molecule has 0 saturated carbocycles. The Kier molecular flexibility index (Phi) is 5.49. The molecule has 0 N–H and O–H groups in total. The molecule has 2 aromatic rings. The van der Waals surface area contributed by atoms with E-state index in [9.17, 15) is 9.18 Å². The fourth-order valence-corrected chi connectivity index (χ4v) is 4.58. The van der Waals surface area contributed by atoms with Crippen LogP contribution < -0.4 is 0 Å². The van der Waals surface area contributed by atoms with E-state index in [0.717, 1.165) is 49.9 Å². The quantitative estimate of drug-likeness (QED) is 0.726. The molecule has 1 fully saturated rings. The normalized spacial score (nSPS) is 19.7. The Balaban J connectivity index is 1.51. The van der Waals surface area contributed by atoms with Crippen LogP contribution in [0.2, 0.25) is 0 Å². The molecule has 0 aromatic carbocycles. The molecule has 1 spiro atoms. The SMILES string of the molecule is CCOC(=O)c1cnn2ccc(C3=CCC4(CC3)CCN(CCF)CC4)cc12. The number of ether oxygens (including phenoxy) is 1. The van der Waals surface area contributed by atoms with E-state index in [2.05, 4.69) is 22.1 Å². The second kappa shape index (κ2) is 8.03. The summed E-state index contributed by atoms with van der Waals surface area (Å²) < 4.78 is 19.4. The number of rotatable bonds is 5. The summed E-state index contributed by atoms with van der Waals surface area (Å²) in [5.74, 6) is -0.328. The van der Waals surface area contributed by atoms with Crippen LogP contribution in [-0.4, -0.2) is 53.4 Å². The number of carbonyl (C=O) groups excluding carboxylic acids is 1. The van der Waals surface area contributed by atoms with Crippen LogP contribution in [0.25, 0.3) is 11.1 Å². The first-order valence-corrected chi connectivity index (χ1v) is 10.3. The number of alkyl halides is 1. The van der Waals surface area contributed by atoms with E-state index in [1.54, 1.807) is 17.6 Å². The van der Waals surface area contributed by atoms with E-state index in [4.69, 9.17) is 4.74 Å². The van der Waals surface area contributed by atoms with Crippen LogP contribution in [0, 0.1) is 5.41 Å². The molecule has 0 bridgehead atoms. The second-order valence-corrected chi connectivity index (χ2v) is 7.99. The Morgan fingerprint density at radius 1 is 1.32 bits per heavy atom. The first kappa shape index (κ1) is 19.1. The van der Waals surface area contributed by atoms with Crippen LogP contribution in [0.5, 0.6) is 0 Å². The minimum Gasteiger partial charge on any atom is -0.462 e. The molecular weight excluding hydrogens is 357 g/mol. The van der Waals surface area contributed by atoms with Crippen molar-refractivity contribution >= 4 is 17.1 Å². The predicted molar refractivity (Wildman–Crippen MR) is 107 cm³/mol. The van der Waals surface area contributed by atoms with Gasteiger partial charge in [-0.2, -0.15) is 5.10 Å². The summed E-state index contributed by atoms with van der Waals surface area (Å²) in [6.45, 7) is 4.51. The van der Waals surface area contributed by atoms with Gasteiger partial charge in [-0.05, 0) is 80.8 Å². The zero-order valence-corrected chi connectivity index (χ0v) is 16.5. The Labute approximate surface area is 165 Å². The van der Waals surface area contributed by atoms with E-state index in [0.29, 0.717) is 24.1 Å². The summed E-state index contributed by atoms with van der Waals surface area (Å²) in [5, 5.41) is 4.26. The summed E-state index contributed by atoms with van der Waals surface area (Å²) >= 11 is 0. The van der Waals surface area contributed by atoms with Gasteiger partial charge in [0.05, 0.1) is 18.3 Å². The Morgan fingerprint density at radius 3 is 2.82 bits per heavy atom. The molecule has 28 heavy (non-hydrogen) atoms. The molecule has 3 heterocycles. The smallest absolute Gasteiger partial charge is 0.341 e. The third-order valence-corrected chi connectivity index (χ3v) is 6.41. The number of esters is 1. The molecule has 2 aliphatic rings. The third kappa shape index (κ3) is 3.70. The molecule has 2 aromatic heterocycles. The highest BCUT2D eigenvalue weighted by atomic mass is 19.1. The number of aromatic nitrogens is 2. The zero-order valence-electron chi connectivity index (χ0n) is 16.5. The van der Waals surface area contributed by atoms with Gasteiger partial charge in [-0.3, -0.25) is 0 Å². The predicted octanol–water partition coefficient (Wildman–Crippen LogP) is 4.13. The minimum absolute atomic E-state index is 0.248. The number of nitrogens with zero attached hydrogens (tertiary/aromatic N) is 3. The van der Waals surface area contributed by atoms with Gasteiger partial charge in [0.15, 0.2) is 0 Å². The fourth-order valence-electron chi connectivity index (χ4n) is 4.58. The number of halogens is 1. The number of piperidine rings is 1. The van der Waals surface area contributed by atoms with Gasteiger partial charge in [0.2, 0.25) is 0 Å². The highest BCUT2D eigenvalue weighted by Crippen LogP contribution is 2.45. The lowest BCUT2D eigenvalue weighted by Crippen LogP contribution is -2.41. The van der Waals surface area contributed by atoms with Crippen molar-refractivity contribution in [3.63, 3.8) is 0 Å². The standard InChI is InChI=1S/C22H28FN3O2/c1-2-28-21(27)19-16-24-26-11-5-18(15-20(19)26)17-3-6-22(7-4-17)8-12-25(13-9-22)14-10-23/h3,5,11,15-16H,2,4,6-10,12-14H2,1H3. The number of hydrogen-bond acceptors (Lipinski definition) is 4. The van der Waals surface area contributed by atoms with Crippen molar-refractivity contribution in [1.29, 1.82) is 0 Å². The van der Waals surface area contributed by atoms with Gasteiger partial charge >= 0.3 is 5.97 Å². The van der Waals surface area contributed by atoms with Gasteiger partial charge < -0.3 is 9.64 Å². The summed E-state index contributed by atoms with van der Waals surface area (Å²) in [6.07, 6.45) is 11.5. The van der Waals surface area contributed by atoms with Gasteiger partial charge in [0.25, 0.3) is 0 Å². The number of carbonyl (C=O) groups is 1. The number of pyridine rings is 1. The van der Waals surface area contributed by atoms with Crippen LogP contribution in [0.15, 0.2) is 30.6 Å². The molecule has 4 rings (SSSR count). The molecule has 0 amide bonds. The first-order chi connectivity index (χ1) is 13.6. The molecule has 0 atom stereocenters. The summed E-state index contributed by atoms with van der Waals surface area (Å²) in [4.78, 5) is 14.4. The molecule has 1 saturated heterocycles. The van der Waals surface area contributed by atoms with E-state index in [1.165, 1.54) is 12.0 Å². The van der Waals surface area contributed by atoms with Crippen molar-refractivity contribution in [3.05, 3.63) is 41.7 Å². The lowest BCUT2D eigenvalue weighted by Gasteiger charge is -2.43. The average Bonchev–Trinajstić information content (AvgIpc) is 3.14. The van der Waals surface area contributed by atoms with E-state index in [1.807, 2.05) is 12.3 Å². The summed E-state index contributed by atoms with van der Waals surface area (Å²) in [7, 11) is 0. The molecule has 0 unspecified atom stereocenters. The van der Waals surface area contributed by atoms with Crippen molar-refractivity contribution in [2.24, 2.45) is 5.41 Å². The molecule has 5 nitrogen and oxygen atoms in total. The Hall–Kier alpha value is -2.21. The van der Waals surface area contributed by atoms with E-state index >= 15 is 0 Å². The van der Waals surface area contributed by atoms with Gasteiger partial charge in [0.1, 0.15) is 12.2 Å². The number of fused-ring (bicyclic) bond motifs is 1. The Morgan fingerprint density at radius 2 is 2.14 bits per heavy atom. The van der Waals surface area contributed by atoms with E-state index in [-0.39, 0.29) is 12.6 Å². The monoisotopic (exact) mass is 385 g/mol. The molecule has 1 aliphatic carbocycles. The minimum atomic E-state index is -0.328. The number of allylic oxidation sites excluding steroid dienone is 2. The van der Waals surface area contributed by atoms with Crippen LogP contribution in [0.1, 0.15) is 54.9 Å². The molecule has 6 heteroatoms. The van der Waals surface area contributed by atoms with Crippen LogP contribution in [-0.2, 0) is 4.74 Å². The highest BCUT2D eigenvalue weighted by Gasteiger charge is 2.35. The van der Waals surface area contributed by atoms with Crippen molar-refractivity contribution in [1.82, 2.24) is 14.5 Å². The highest BCUT2D eigenvalue weighted by molar-refractivity contribution is 5.97. The van der Waals surface area contributed by atoms with Crippen molar-refractivity contribution in [3.8, 4) is 0 Å². The number of likely N-dealkylation sites (tertiary alicyclic amines) is 1. The summed E-state index contributed by atoms with van der Waals surface area (Å²) in [5.41, 5.74) is 4.18. The average molecular weight is 385 g/mol. The topological polar surface area (TPSA) is 46.8 Å². The van der Waals surface area contributed by atoms with Crippen LogP contribution in [0.3, 0.4) is 0 Å². The first-order valence-electron chi connectivity index (χ1n) is 10.3. The van der Waals surface area contributed by atoms with Gasteiger partial charge in [-0.15, -0.1) is 0 Å². The number of hydrogen-bond donors (Lipinski definition) is 0. The van der Waals surface area contributed by atoms with Gasteiger partial charge in [-0.25, -0.2) is 13.7 Å².